The Hall–Kier alpha value is -2.20. The van der Waals surface area contributed by atoms with Crippen molar-refractivity contribution in [1.82, 2.24) is 30.1 Å². The normalized spacial score (nSPS) is 21.2. The van der Waals surface area contributed by atoms with Crippen LogP contribution in [0, 0.1) is 0 Å². The molecule has 0 spiro atoms. The van der Waals surface area contributed by atoms with Crippen LogP contribution < -0.4 is 11.1 Å². The summed E-state index contributed by atoms with van der Waals surface area (Å²) in [5.41, 5.74) is 5.38. The van der Waals surface area contributed by atoms with Gasteiger partial charge in [-0.1, -0.05) is 5.21 Å². The highest BCUT2D eigenvalue weighted by Gasteiger charge is 2.30. The predicted octanol–water partition coefficient (Wildman–Crippen LogP) is -0.166. The first-order valence-electron chi connectivity index (χ1n) is 9.44. The minimum atomic E-state index is -0.582. The molecule has 0 unspecified atom stereocenters. The number of carbonyl (C=O) groups excluding carboxylic acids is 2. The number of piperidine rings is 1. The lowest BCUT2D eigenvalue weighted by molar-refractivity contribution is -0.0498. The Kier molecular flexibility index (Phi) is 5.95. The van der Waals surface area contributed by atoms with Crippen molar-refractivity contribution in [2.75, 3.05) is 45.9 Å². The van der Waals surface area contributed by atoms with E-state index in [2.05, 4.69) is 34.4 Å². The minimum Gasteiger partial charge on any atom is -0.378 e. The number of hydrogen-bond donors (Lipinski definition) is 2. The van der Waals surface area contributed by atoms with Crippen molar-refractivity contribution in [2.45, 2.75) is 38.3 Å². The quantitative estimate of drug-likeness (QED) is 0.733. The van der Waals surface area contributed by atoms with Gasteiger partial charge in [-0.25, -0.2) is 9.48 Å². The minimum absolute atomic E-state index is 0.00287. The summed E-state index contributed by atoms with van der Waals surface area (Å²) in [5, 5.41) is 10.8. The molecule has 0 aromatic carbocycles. The van der Waals surface area contributed by atoms with Gasteiger partial charge in [0.2, 0.25) is 0 Å². The van der Waals surface area contributed by atoms with Gasteiger partial charge < -0.3 is 20.7 Å². The van der Waals surface area contributed by atoms with Crippen molar-refractivity contribution in [2.24, 2.45) is 5.73 Å². The summed E-state index contributed by atoms with van der Waals surface area (Å²) in [4.78, 5) is 27.7. The Balaban J connectivity index is 1.41. The SMILES string of the molecule is CC1(C)COCCN1CCNC(=O)N1CCC(n2cc(C(N)=O)nn2)CC1. The molecule has 3 N–H and O–H groups in total. The molecule has 0 aliphatic carbocycles. The number of likely N-dealkylation sites (tertiary alicyclic amines) is 1. The summed E-state index contributed by atoms with van der Waals surface area (Å²) in [6, 6.07) is 0.0970. The second-order valence-electron chi connectivity index (χ2n) is 7.75. The lowest BCUT2D eigenvalue weighted by atomic mass is 10.0. The number of morpholine rings is 1. The van der Waals surface area contributed by atoms with Crippen molar-refractivity contribution >= 4 is 11.9 Å². The summed E-state index contributed by atoms with van der Waals surface area (Å²) in [7, 11) is 0. The van der Waals surface area contributed by atoms with Gasteiger partial charge in [0.15, 0.2) is 5.69 Å². The Labute approximate surface area is 159 Å². The molecule has 27 heavy (non-hydrogen) atoms. The summed E-state index contributed by atoms with van der Waals surface area (Å²) >= 11 is 0. The van der Waals surface area contributed by atoms with E-state index in [0.29, 0.717) is 26.2 Å². The highest BCUT2D eigenvalue weighted by molar-refractivity contribution is 5.90. The van der Waals surface area contributed by atoms with Gasteiger partial charge in [-0.3, -0.25) is 9.69 Å². The number of hydrogen-bond acceptors (Lipinski definition) is 6. The fourth-order valence-electron chi connectivity index (χ4n) is 3.62. The molecule has 2 aliphatic heterocycles. The van der Waals surface area contributed by atoms with Crippen LogP contribution in [-0.4, -0.2) is 88.2 Å². The molecule has 0 radical (unpaired) electrons. The summed E-state index contributed by atoms with van der Waals surface area (Å²) in [5.74, 6) is -0.582. The monoisotopic (exact) mass is 379 g/mol. The van der Waals surface area contributed by atoms with E-state index in [1.54, 1.807) is 10.9 Å². The second-order valence-corrected chi connectivity index (χ2v) is 7.75. The molecule has 0 bridgehead atoms. The molecule has 3 amide bonds. The van der Waals surface area contributed by atoms with E-state index in [9.17, 15) is 9.59 Å². The summed E-state index contributed by atoms with van der Waals surface area (Å²) in [6.07, 6.45) is 3.11. The lowest BCUT2D eigenvalue weighted by Gasteiger charge is -2.42. The van der Waals surface area contributed by atoms with Crippen molar-refractivity contribution < 1.29 is 14.3 Å². The molecule has 0 atom stereocenters. The molecule has 2 fully saturated rings. The fraction of sp³-hybridized carbons (Fsp3) is 0.765. The number of urea groups is 1. The average molecular weight is 379 g/mol. The molecule has 3 rings (SSSR count). The predicted molar refractivity (Wildman–Crippen MR) is 98.3 cm³/mol. The zero-order chi connectivity index (χ0) is 19.4. The first kappa shape index (κ1) is 19.6. The summed E-state index contributed by atoms with van der Waals surface area (Å²) < 4.78 is 7.20. The third-order valence-electron chi connectivity index (χ3n) is 5.36. The largest absolute Gasteiger partial charge is 0.378 e. The number of primary amides is 1. The van der Waals surface area contributed by atoms with Gasteiger partial charge in [0, 0.05) is 38.3 Å². The topological polar surface area (TPSA) is 119 Å². The number of nitrogens with one attached hydrogen (secondary N) is 1. The van der Waals surface area contributed by atoms with E-state index in [-0.39, 0.29) is 23.3 Å². The second kappa shape index (κ2) is 8.22. The highest BCUT2D eigenvalue weighted by atomic mass is 16.5. The molecular weight excluding hydrogens is 350 g/mol. The van der Waals surface area contributed by atoms with Crippen molar-refractivity contribution in [3.8, 4) is 0 Å². The highest BCUT2D eigenvalue weighted by Crippen LogP contribution is 2.22. The number of ether oxygens (including phenoxy) is 1. The molecule has 10 nitrogen and oxygen atoms in total. The van der Waals surface area contributed by atoms with Gasteiger partial charge in [0.1, 0.15) is 0 Å². The lowest BCUT2D eigenvalue weighted by Crippen LogP contribution is -2.55. The third-order valence-corrected chi connectivity index (χ3v) is 5.36. The molecule has 2 saturated heterocycles. The van der Waals surface area contributed by atoms with Crippen LogP contribution in [0.4, 0.5) is 4.79 Å². The van der Waals surface area contributed by atoms with Gasteiger partial charge >= 0.3 is 6.03 Å². The van der Waals surface area contributed by atoms with Gasteiger partial charge in [0.05, 0.1) is 25.5 Å². The Morgan fingerprint density at radius 3 is 2.70 bits per heavy atom. The zero-order valence-corrected chi connectivity index (χ0v) is 16.1. The maximum Gasteiger partial charge on any atom is 0.317 e. The van der Waals surface area contributed by atoms with Gasteiger partial charge in [-0.2, -0.15) is 0 Å². The maximum absolute atomic E-state index is 12.4. The Morgan fingerprint density at radius 2 is 2.07 bits per heavy atom. The van der Waals surface area contributed by atoms with Crippen LogP contribution in [-0.2, 0) is 4.74 Å². The fourth-order valence-corrected chi connectivity index (χ4v) is 3.62. The summed E-state index contributed by atoms with van der Waals surface area (Å²) in [6.45, 7) is 9.38. The number of nitrogens with two attached hydrogens (primary N) is 1. The number of carbonyl (C=O) groups is 2. The van der Waals surface area contributed by atoms with E-state index in [4.69, 9.17) is 10.5 Å². The van der Waals surface area contributed by atoms with Gasteiger partial charge in [-0.15, -0.1) is 5.10 Å². The van der Waals surface area contributed by atoms with E-state index < -0.39 is 5.91 Å². The average Bonchev–Trinajstić information content (AvgIpc) is 3.13. The maximum atomic E-state index is 12.4. The van der Waals surface area contributed by atoms with Crippen LogP contribution in [0.3, 0.4) is 0 Å². The molecule has 3 heterocycles. The molecule has 150 valence electrons. The standard InChI is InChI=1S/C17H29N7O3/c1-17(2)12-27-10-9-23(17)8-5-19-16(26)22-6-3-13(4-7-22)24-11-14(15(18)25)20-21-24/h11,13H,3-10,12H2,1-2H3,(H2,18,25)(H,19,26). The molecule has 1 aromatic rings. The third kappa shape index (κ3) is 4.75. The number of rotatable bonds is 5. The number of amides is 3. The van der Waals surface area contributed by atoms with E-state index in [1.165, 1.54) is 0 Å². The van der Waals surface area contributed by atoms with Crippen LogP contribution >= 0.6 is 0 Å². The smallest absolute Gasteiger partial charge is 0.317 e. The molecule has 2 aliphatic rings. The Morgan fingerprint density at radius 1 is 1.33 bits per heavy atom. The zero-order valence-electron chi connectivity index (χ0n) is 16.1. The van der Waals surface area contributed by atoms with Crippen molar-refractivity contribution in [3.05, 3.63) is 11.9 Å². The van der Waals surface area contributed by atoms with E-state index in [0.717, 1.165) is 32.5 Å². The van der Waals surface area contributed by atoms with Gasteiger partial charge in [-0.05, 0) is 26.7 Å². The number of aromatic nitrogens is 3. The first-order valence-corrected chi connectivity index (χ1v) is 9.44. The Bertz CT molecular complexity index is 667. The van der Waals surface area contributed by atoms with Crippen LogP contribution in [0.5, 0.6) is 0 Å². The van der Waals surface area contributed by atoms with Crippen LogP contribution in [0.15, 0.2) is 6.20 Å². The number of nitrogens with zero attached hydrogens (tertiary/aromatic N) is 5. The van der Waals surface area contributed by atoms with Crippen molar-refractivity contribution in [3.63, 3.8) is 0 Å². The molecule has 10 heteroatoms. The van der Waals surface area contributed by atoms with Crippen LogP contribution in [0.2, 0.25) is 0 Å². The first-order chi connectivity index (χ1) is 12.9. The van der Waals surface area contributed by atoms with E-state index in [1.807, 2.05) is 4.90 Å². The van der Waals surface area contributed by atoms with Crippen molar-refractivity contribution in [1.29, 1.82) is 0 Å². The van der Waals surface area contributed by atoms with Crippen LogP contribution in [0.25, 0.3) is 0 Å². The van der Waals surface area contributed by atoms with Crippen LogP contribution in [0.1, 0.15) is 43.2 Å². The van der Waals surface area contributed by atoms with Gasteiger partial charge in [0.25, 0.3) is 5.91 Å². The van der Waals surface area contributed by atoms with E-state index >= 15 is 0 Å². The molecule has 0 saturated carbocycles. The molecule has 1 aromatic heterocycles. The molecular formula is C17H29N7O3.